The molecule has 0 aromatic heterocycles. The van der Waals surface area contributed by atoms with Crippen molar-refractivity contribution < 1.29 is 0 Å². The van der Waals surface area contributed by atoms with Gasteiger partial charge in [0.2, 0.25) is 0 Å². The summed E-state index contributed by atoms with van der Waals surface area (Å²) in [5.41, 5.74) is 2.92. The molecule has 4 aromatic rings. The van der Waals surface area contributed by atoms with Crippen LogP contribution in [0.5, 0.6) is 0 Å². The number of hydrogen-bond acceptors (Lipinski definition) is 0. The largest absolute Gasteiger partial charge is 0.139 e. The van der Waals surface area contributed by atoms with Crippen molar-refractivity contribution in [2.24, 2.45) is 0 Å². The molecule has 0 nitrogen and oxygen atoms in total. The van der Waals surface area contributed by atoms with Crippen LogP contribution in [0.4, 0.5) is 0 Å². The summed E-state index contributed by atoms with van der Waals surface area (Å²) in [7, 11) is -1.39. The van der Waals surface area contributed by atoms with Crippen LogP contribution in [-0.4, -0.2) is 16.6 Å². The average molecular weight is 391 g/mol. The van der Waals surface area contributed by atoms with Gasteiger partial charge in [0, 0.05) is 0 Å². The van der Waals surface area contributed by atoms with Gasteiger partial charge in [-0.15, -0.1) is 0 Å². The molecule has 1 heterocycles. The third-order valence-corrected chi connectivity index (χ3v) is 14.9. The van der Waals surface area contributed by atoms with Crippen LogP contribution < -0.4 is 20.7 Å². The van der Waals surface area contributed by atoms with E-state index >= 15 is 0 Å². The molecule has 2 radical (unpaired) electrons. The first-order valence-electron chi connectivity index (χ1n) is 9.92. The first-order chi connectivity index (χ1) is 13.8. The van der Waals surface area contributed by atoms with Gasteiger partial charge < -0.3 is 0 Å². The number of hydrogen-bond donors (Lipinski definition) is 0. The van der Waals surface area contributed by atoms with Crippen LogP contribution in [0.15, 0.2) is 109 Å². The standard InChI is InChI=1S/C26H22Si2/c1-3-12-24(13-4-1)28(25-14-5-2-6-15-25)26-16-8-10-22(20-26)18-17-21-9-7-11-23(19-21)27-28/h1-16,19-20H,17-18H2. The molecule has 0 aliphatic carbocycles. The molecule has 4 aromatic carbocycles. The number of aryl methyl sites for hydroxylation is 2. The fourth-order valence-electron chi connectivity index (χ4n) is 4.36. The fourth-order valence-corrected chi connectivity index (χ4v) is 13.3. The lowest BCUT2D eigenvalue weighted by molar-refractivity contribution is 0.962. The van der Waals surface area contributed by atoms with E-state index in [1.165, 1.54) is 31.9 Å². The summed E-state index contributed by atoms with van der Waals surface area (Å²) in [6, 6.07) is 41.3. The van der Waals surface area contributed by atoms with Gasteiger partial charge in [-0.05, 0) is 24.0 Å². The third-order valence-electron chi connectivity index (χ3n) is 5.73. The number of benzene rings is 4. The zero-order valence-corrected chi connectivity index (χ0v) is 17.8. The van der Waals surface area contributed by atoms with E-state index in [2.05, 4.69) is 109 Å². The average Bonchev–Trinajstić information content (AvgIpc) is 2.77. The summed E-state index contributed by atoms with van der Waals surface area (Å²) >= 11 is 0. The van der Waals surface area contributed by atoms with Crippen molar-refractivity contribution in [3.63, 3.8) is 0 Å². The predicted octanol–water partition coefficient (Wildman–Crippen LogP) is 2.78. The predicted molar refractivity (Wildman–Crippen MR) is 123 cm³/mol. The van der Waals surface area contributed by atoms with Crippen LogP contribution in [0, 0.1) is 0 Å². The zero-order valence-electron chi connectivity index (χ0n) is 15.8. The van der Waals surface area contributed by atoms with Gasteiger partial charge in [0.15, 0.2) is 0 Å². The lowest BCUT2D eigenvalue weighted by atomic mass is 10.0. The Morgan fingerprint density at radius 1 is 0.500 bits per heavy atom. The lowest BCUT2D eigenvalue weighted by Gasteiger charge is -2.34. The van der Waals surface area contributed by atoms with Gasteiger partial charge in [0.25, 0.3) is 0 Å². The van der Waals surface area contributed by atoms with Crippen LogP contribution >= 0.6 is 0 Å². The SMILES string of the molecule is c1ccc([Si]2(c3ccccc3)[Si]c3cccc(c3)CCc3cccc2c3)cc1. The Kier molecular flexibility index (Phi) is 4.59. The molecule has 0 unspecified atom stereocenters. The molecule has 0 amide bonds. The monoisotopic (exact) mass is 390 g/mol. The lowest BCUT2D eigenvalue weighted by Crippen LogP contribution is -2.73. The molecule has 0 N–H and O–H groups in total. The highest BCUT2D eigenvalue weighted by atomic mass is 29.2. The molecular formula is C26H22Si2. The quantitative estimate of drug-likeness (QED) is 0.462. The third kappa shape index (κ3) is 3.09. The van der Waals surface area contributed by atoms with Crippen molar-refractivity contribution in [3.8, 4) is 0 Å². The Morgan fingerprint density at radius 2 is 1.04 bits per heavy atom. The topological polar surface area (TPSA) is 0 Å². The summed E-state index contributed by atoms with van der Waals surface area (Å²) in [5.74, 6) is 0. The summed E-state index contributed by atoms with van der Waals surface area (Å²) in [6.45, 7) is 0. The van der Waals surface area contributed by atoms with Crippen molar-refractivity contribution >= 4 is 37.4 Å². The number of fused-ring (bicyclic) bond motifs is 4. The smallest absolute Gasteiger partial charge is 0.0657 e. The second-order valence-electron chi connectivity index (χ2n) is 7.51. The minimum absolute atomic E-state index is 0.764. The molecule has 134 valence electrons. The van der Waals surface area contributed by atoms with Crippen LogP contribution in [0.3, 0.4) is 0 Å². The molecule has 1 aliphatic heterocycles. The van der Waals surface area contributed by atoms with Crippen LogP contribution in [-0.2, 0) is 12.8 Å². The normalized spacial score (nSPS) is 15.0. The van der Waals surface area contributed by atoms with Crippen molar-refractivity contribution in [3.05, 3.63) is 120 Å². The van der Waals surface area contributed by atoms with E-state index in [9.17, 15) is 0 Å². The van der Waals surface area contributed by atoms with Gasteiger partial charge >= 0.3 is 0 Å². The molecule has 0 atom stereocenters. The highest BCUT2D eigenvalue weighted by Crippen LogP contribution is 2.13. The van der Waals surface area contributed by atoms with Gasteiger partial charge in [-0.3, -0.25) is 0 Å². The summed E-state index contributed by atoms with van der Waals surface area (Å²) in [5, 5.41) is 6.03. The maximum atomic E-state index is 2.51. The minimum atomic E-state index is -2.16. The Labute approximate surface area is 170 Å². The first-order valence-corrected chi connectivity index (χ1v) is 13.9. The summed E-state index contributed by atoms with van der Waals surface area (Å²) in [4.78, 5) is 0. The molecule has 0 saturated carbocycles. The van der Waals surface area contributed by atoms with Crippen LogP contribution in [0.2, 0.25) is 0 Å². The van der Waals surface area contributed by atoms with Crippen molar-refractivity contribution in [1.82, 2.24) is 0 Å². The molecule has 2 heteroatoms. The van der Waals surface area contributed by atoms with Crippen molar-refractivity contribution in [2.75, 3.05) is 0 Å². The van der Waals surface area contributed by atoms with E-state index in [1.807, 2.05) is 0 Å². The summed E-state index contributed by atoms with van der Waals surface area (Å²) < 4.78 is 0. The fraction of sp³-hybridized carbons (Fsp3) is 0.0769. The van der Waals surface area contributed by atoms with E-state index in [0.29, 0.717) is 0 Å². The highest BCUT2D eigenvalue weighted by Gasteiger charge is 2.40. The van der Waals surface area contributed by atoms with Crippen LogP contribution in [0.1, 0.15) is 11.1 Å². The van der Waals surface area contributed by atoms with Gasteiger partial charge in [-0.25, -0.2) is 0 Å². The van der Waals surface area contributed by atoms with Crippen LogP contribution in [0.25, 0.3) is 0 Å². The van der Waals surface area contributed by atoms with E-state index < -0.39 is 7.59 Å². The maximum Gasteiger partial charge on any atom is 0.139 e. The molecule has 5 rings (SSSR count). The second-order valence-corrected chi connectivity index (χ2v) is 14.6. The van der Waals surface area contributed by atoms with Gasteiger partial charge in [0.1, 0.15) is 7.59 Å². The van der Waals surface area contributed by atoms with E-state index in [1.54, 1.807) is 0 Å². The van der Waals surface area contributed by atoms with Crippen molar-refractivity contribution in [1.29, 1.82) is 0 Å². The van der Waals surface area contributed by atoms with Gasteiger partial charge in [-0.2, -0.15) is 0 Å². The van der Waals surface area contributed by atoms with Gasteiger partial charge in [-0.1, -0.05) is 130 Å². The Bertz CT molecular complexity index is 1050. The number of rotatable bonds is 2. The van der Waals surface area contributed by atoms with Gasteiger partial charge in [0.05, 0.1) is 9.04 Å². The molecular weight excluding hydrogens is 368 g/mol. The molecule has 0 spiro atoms. The molecule has 28 heavy (non-hydrogen) atoms. The Morgan fingerprint density at radius 3 is 1.68 bits per heavy atom. The Hall–Kier alpha value is -2.69. The molecule has 0 saturated heterocycles. The zero-order chi connectivity index (χ0) is 18.8. The van der Waals surface area contributed by atoms with E-state index in [-0.39, 0.29) is 0 Å². The van der Waals surface area contributed by atoms with Crippen molar-refractivity contribution in [2.45, 2.75) is 12.8 Å². The maximum absolute atomic E-state index is 2.51. The molecule has 0 fully saturated rings. The second kappa shape index (κ2) is 7.38. The van der Waals surface area contributed by atoms with E-state index in [4.69, 9.17) is 0 Å². The van der Waals surface area contributed by atoms with E-state index in [0.717, 1.165) is 21.9 Å². The first kappa shape index (κ1) is 17.4. The molecule has 4 bridgehead atoms. The minimum Gasteiger partial charge on any atom is -0.0657 e. The highest BCUT2D eigenvalue weighted by molar-refractivity contribution is 7.46. The Balaban J connectivity index is 1.85. The molecule has 1 aliphatic rings. The summed E-state index contributed by atoms with van der Waals surface area (Å²) in [6.07, 6.45) is 2.22.